The lowest BCUT2D eigenvalue weighted by Gasteiger charge is -2.27. The van der Waals surface area contributed by atoms with Gasteiger partial charge in [0.1, 0.15) is 5.75 Å². The highest BCUT2D eigenvalue weighted by Crippen LogP contribution is 2.33. The number of benzene rings is 1. The summed E-state index contributed by atoms with van der Waals surface area (Å²) in [7, 11) is 0. The third-order valence-electron chi connectivity index (χ3n) is 3.29. The fourth-order valence-corrected chi connectivity index (χ4v) is 2.42. The molecule has 0 spiro atoms. The molecule has 2 rings (SSSR count). The molecule has 1 aliphatic heterocycles. The standard InChI is InChI=1S/C12H13ClF3NO2/c13-9-2-1-7-3-5-17(11(19)12(14,15)16)6-4-8(7)10(9)18/h1-2,11,18-19H,3-6H2. The first kappa shape index (κ1) is 14.4. The van der Waals surface area contributed by atoms with Crippen molar-refractivity contribution in [2.75, 3.05) is 13.1 Å². The van der Waals surface area contributed by atoms with Crippen molar-refractivity contribution in [2.24, 2.45) is 0 Å². The molecule has 106 valence electrons. The maximum Gasteiger partial charge on any atom is 0.428 e. The predicted octanol–water partition coefficient (Wildman–Crippen LogP) is 2.33. The Labute approximate surface area is 113 Å². The van der Waals surface area contributed by atoms with E-state index < -0.39 is 12.4 Å². The largest absolute Gasteiger partial charge is 0.506 e. The first-order valence-corrected chi connectivity index (χ1v) is 6.16. The summed E-state index contributed by atoms with van der Waals surface area (Å²) in [5, 5.41) is 19.3. The first-order valence-electron chi connectivity index (χ1n) is 5.78. The number of phenols is 1. The van der Waals surface area contributed by atoms with E-state index in [-0.39, 0.29) is 30.3 Å². The van der Waals surface area contributed by atoms with Gasteiger partial charge >= 0.3 is 6.18 Å². The van der Waals surface area contributed by atoms with Crippen molar-refractivity contribution in [1.29, 1.82) is 0 Å². The zero-order chi connectivity index (χ0) is 14.2. The number of aromatic hydroxyl groups is 1. The molecule has 0 bridgehead atoms. The van der Waals surface area contributed by atoms with Gasteiger partial charge in [0, 0.05) is 13.1 Å². The average Bonchev–Trinajstić information content (AvgIpc) is 2.54. The van der Waals surface area contributed by atoms with E-state index in [4.69, 9.17) is 11.6 Å². The number of halogens is 4. The summed E-state index contributed by atoms with van der Waals surface area (Å²) in [4.78, 5) is 0.952. The molecule has 0 saturated carbocycles. The Morgan fingerprint density at radius 3 is 2.47 bits per heavy atom. The second kappa shape index (κ2) is 5.19. The van der Waals surface area contributed by atoms with Crippen LogP contribution in [0.25, 0.3) is 0 Å². The van der Waals surface area contributed by atoms with Gasteiger partial charge in [0.25, 0.3) is 0 Å². The van der Waals surface area contributed by atoms with Gasteiger partial charge in [-0.15, -0.1) is 0 Å². The average molecular weight is 296 g/mol. The van der Waals surface area contributed by atoms with Gasteiger partial charge in [-0.1, -0.05) is 17.7 Å². The van der Waals surface area contributed by atoms with E-state index >= 15 is 0 Å². The fraction of sp³-hybridized carbons (Fsp3) is 0.500. The third-order valence-corrected chi connectivity index (χ3v) is 3.59. The molecule has 0 amide bonds. The molecule has 7 heteroatoms. The number of aliphatic hydroxyl groups is 1. The number of rotatable bonds is 1. The monoisotopic (exact) mass is 295 g/mol. The summed E-state index contributed by atoms with van der Waals surface area (Å²) in [6.07, 6.45) is -6.60. The van der Waals surface area contributed by atoms with E-state index in [0.717, 1.165) is 10.5 Å². The van der Waals surface area contributed by atoms with Crippen LogP contribution in [0.5, 0.6) is 5.75 Å². The molecule has 0 radical (unpaired) electrons. The van der Waals surface area contributed by atoms with Crippen LogP contribution in [0, 0.1) is 0 Å². The van der Waals surface area contributed by atoms with Gasteiger partial charge in [0.15, 0.2) is 0 Å². The molecule has 3 nitrogen and oxygen atoms in total. The molecule has 1 heterocycles. The summed E-state index contributed by atoms with van der Waals surface area (Å²) >= 11 is 5.78. The molecule has 19 heavy (non-hydrogen) atoms. The molecule has 2 N–H and O–H groups in total. The van der Waals surface area contributed by atoms with Crippen LogP contribution in [0.1, 0.15) is 11.1 Å². The van der Waals surface area contributed by atoms with Crippen molar-refractivity contribution in [3.8, 4) is 5.75 Å². The van der Waals surface area contributed by atoms with E-state index in [1.807, 2.05) is 0 Å². The second-order valence-electron chi connectivity index (χ2n) is 4.48. The second-order valence-corrected chi connectivity index (χ2v) is 4.89. The van der Waals surface area contributed by atoms with E-state index in [1.54, 1.807) is 6.07 Å². The summed E-state index contributed by atoms with van der Waals surface area (Å²) < 4.78 is 37.4. The van der Waals surface area contributed by atoms with Crippen LogP contribution in [-0.4, -0.2) is 40.6 Å². The highest BCUT2D eigenvalue weighted by atomic mass is 35.5. The normalized spacial score (nSPS) is 18.8. The Morgan fingerprint density at radius 2 is 1.84 bits per heavy atom. The first-order chi connectivity index (χ1) is 8.80. The van der Waals surface area contributed by atoms with Crippen LogP contribution in [-0.2, 0) is 12.8 Å². The Morgan fingerprint density at radius 1 is 1.21 bits per heavy atom. The number of aliphatic hydroxyl groups excluding tert-OH is 1. The Bertz CT molecular complexity index is 479. The maximum atomic E-state index is 12.5. The molecule has 0 saturated heterocycles. The molecule has 1 aromatic carbocycles. The molecule has 1 atom stereocenters. The molecular formula is C12H13ClF3NO2. The Kier molecular flexibility index (Phi) is 3.94. The molecule has 0 fully saturated rings. The summed E-state index contributed by atoms with van der Waals surface area (Å²) in [5.41, 5.74) is 1.32. The van der Waals surface area contributed by atoms with E-state index in [1.165, 1.54) is 6.07 Å². The Hall–Kier alpha value is -0.980. The quantitative estimate of drug-likeness (QED) is 0.836. The number of hydrogen-bond donors (Lipinski definition) is 2. The van der Waals surface area contributed by atoms with Crippen LogP contribution >= 0.6 is 11.6 Å². The minimum Gasteiger partial charge on any atom is -0.506 e. The van der Waals surface area contributed by atoms with Crippen LogP contribution in [0.15, 0.2) is 12.1 Å². The lowest BCUT2D eigenvalue weighted by atomic mass is 10.0. The summed E-state index contributed by atoms with van der Waals surface area (Å²) in [5.74, 6) is -0.0810. The minimum absolute atomic E-state index is 0.0155. The van der Waals surface area contributed by atoms with Crippen LogP contribution in [0.2, 0.25) is 5.02 Å². The maximum absolute atomic E-state index is 12.5. The van der Waals surface area contributed by atoms with Gasteiger partial charge in [-0.3, -0.25) is 4.90 Å². The van der Waals surface area contributed by atoms with Gasteiger partial charge < -0.3 is 10.2 Å². The van der Waals surface area contributed by atoms with Gasteiger partial charge in [-0.25, -0.2) is 0 Å². The number of fused-ring (bicyclic) bond motifs is 1. The highest BCUT2D eigenvalue weighted by molar-refractivity contribution is 6.32. The zero-order valence-corrected chi connectivity index (χ0v) is 10.7. The van der Waals surface area contributed by atoms with Crippen molar-refractivity contribution in [1.82, 2.24) is 4.90 Å². The topological polar surface area (TPSA) is 43.7 Å². The molecule has 1 aliphatic rings. The minimum atomic E-state index is -4.67. The van der Waals surface area contributed by atoms with Crippen LogP contribution < -0.4 is 0 Å². The molecule has 0 aromatic heterocycles. The lowest BCUT2D eigenvalue weighted by Crippen LogP contribution is -2.46. The van der Waals surface area contributed by atoms with Gasteiger partial charge in [0.2, 0.25) is 6.23 Å². The van der Waals surface area contributed by atoms with Crippen molar-refractivity contribution in [2.45, 2.75) is 25.2 Å². The van der Waals surface area contributed by atoms with Crippen LogP contribution in [0.3, 0.4) is 0 Å². The smallest absolute Gasteiger partial charge is 0.428 e. The third kappa shape index (κ3) is 2.96. The Balaban J connectivity index is 2.20. The van der Waals surface area contributed by atoms with Gasteiger partial charge in [-0.2, -0.15) is 13.2 Å². The van der Waals surface area contributed by atoms with Crippen molar-refractivity contribution in [3.63, 3.8) is 0 Å². The fourth-order valence-electron chi connectivity index (χ4n) is 2.25. The van der Waals surface area contributed by atoms with Gasteiger partial charge in [0.05, 0.1) is 5.02 Å². The lowest BCUT2D eigenvalue weighted by molar-refractivity contribution is -0.249. The molecule has 1 unspecified atom stereocenters. The number of phenolic OH excluding ortho intramolecular Hbond substituents is 1. The zero-order valence-electron chi connectivity index (χ0n) is 9.91. The summed E-state index contributed by atoms with van der Waals surface area (Å²) in [6, 6.07) is 3.21. The van der Waals surface area contributed by atoms with E-state index in [2.05, 4.69) is 0 Å². The molecule has 1 aromatic rings. The van der Waals surface area contributed by atoms with E-state index in [9.17, 15) is 23.4 Å². The molecule has 0 aliphatic carbocycles. The van der Waals surface area contributed by atoms with Crippen molar-refractivity contribution < 1.29 is 23.4 Å². The number of hydrogen-bond acceptors (Lipinski definition) is 3. The van der Waals surface area contributed by atoms with Crippen LogP contribution in [0.4, 0.5) is 13.2 Å². The predicted molar refractivity (Wildman–Crippen MR) is 64.2 cm³/mol. The number of alkyl halides is 3. The van der Waals surface area contributed by atoms with Crippen molar-refractivity contribution in [3.05, 3.63) is 28.3 Å². The highest BCUT2D eigenvalue weighted by Gasteiger charge is 2.42. The van der Waals surface area contributed by atoms with E-state index in [0.29, 0.717) is 12.0 Å². The van der Waals surface area contributed by atoms with Gasteiger partial charge in [-0.05, 0) is 30.0 Å². The van der Waals surface area contributed by atoms with Crippen molar-refractivity contribution >= 4 is 11.6 Å². The SMILES string of the molecule is Oc1c(Cl)ccc2c1CCN(C(O)C(F)(F)F)CC2. The molecular weight excluding hydrogens is 283 g/mol. The number of nitrogens with zero attached hydrogens (tertiary/aromatic N) is 1. The summed E-state index contributed by atoms with van der Waals surface area (Å²) in [6.45, 7) is 0.0936.